The number of aliphatic hydroxyl groups excluding tert-OH is 1. The lowest BCUT2D eigenvalue weighted by atomic mass is 9.99. The van der Waals surface area contributed by atoms with Gasteiger partial charge in [-0.3, -0.25) is 9.48 Å². The van der Waals surface area contributed by atoms with Crippen LogP contribution in [0.2, 0.25) is 0 Å². The molecule has 1 saturated heterocycles. The Morgan fingerprint density at radius 3 is 3.11 bits per heavy atom. The van der Waals surface area contributed by atoms with Gasteiger partial charge in [0.2, 0.25) is 5.91 Å². The molecule has 1 fully saturated rings. The number of nitrogens with zero attached hydrogens (tertiary/aromatic N) is 3. The number of carbonyl (C=O) groups is 1. The fourth-order valence-corrected chi connectivity index (χ4v) is 2.40. The van der Waals surface area contributed by atoms with Crippen LogP contribution in [0.15, 0.2) is 12.4 Å². The van der Waals surface area contributed by atoms with Crippen molar-refractivity contribution >= 4 is 5.91 Å². The Morgan fingerprint density at radius 1 is 1.61 bits per heavy atom. The maximum absolute atomic E-state index is 12.0. The molecule has 1 atom stereocenters. The molecule has 2 rings (SSSR count). The zero-order chi connectivity index (χ0) is 13.0. The van der Waals surface area contributed by atoms with Crippen LogP contribution in [-0.2, 0) is 11.3 Å². The molecule has 100 valence electrons. The molecule has 1 aromatic heterocycles. The van der Waals surface area contributed by atoms with Gasteiger partial charge in [0.05, 0.1) is 6.20 Å². The number of hydrogen-bond acceptors (Lipinski definition) is 3. The molecule has 1 N–H and O–H groups in total. The average Bonchev–Trinajstić information content (AvgIpc) is 2.82. The number of amides is 1. The lowest BCUT2D eigenvalue weighted by Gasteiger charge is -2.31. The molecule has 0 spiro atoms. The second-order valence-corrected chi connectivity index (χ2v) is 5.06. The van der Waals surface area contributed by atoms with E-state index in [2.05, 4.69) is 5.10 Å². The van der Waals surface area contributed by atoms with E-state index in [1.165, 1.54) is 0 Å². The molecule has 0 bridgehead atoms. The summed E-state index contributed by atoms with van der Waals surface area (Å²) in [5.41, 5.74) is 1.11. The summed E-state index contributed by atoms with van der Waals surface area (Å²) in [6, 6.07) is 0. The van der Waals surface area contributed by atoms with Crippen LogP contribution in [0.25, 0.3) is 0 Å². The summed E-state index contributed by atoms with van der Waals surface area (Å²) >= 11 is 0. The molecule has 0 aliphatic carbocycles. The molecule has 5 nitrogen and oxygen atoms in total. The van der Waals surface area contributed by atoms with Crippen molar-refractivity contribution in [3.63, 3.8) is 0 Å². The standard InChI is InChI=1S/C13H21N3O2/c1-11-7-14-16(8-11)6-4-13(18)15-5-2-3-12(9-15)10-17/h7-8,12,17H,2-6,9-10H2,1H3. The molecular formula is C13H21N3O2. The molecule has 1 aliphatic rings. The van der Waals surface area contributed by atoms with E-state index in [0.29, 0.717) is 19.5 Å². The van der Waals surface area contributed by atoms with E-state index in [1.54, 1.807) is 10.9 Å². The van der Waals surface area contributed by atoms with Gasteiger partial charge in [0.25, 0.3) is 0 Å². The zero-order valence-corrected chi connectivity index (χ0v) is 10.9. The normalized spacial score (nSPS) is 20.1. The van der Waals surface area contributed by atoms with Crippen molar-refractivity contribution in [3.05, 3.63) is 18.0 Å². The molecule has 1 unspecified atom stereocenters. The monoisotopic (exact) mass is 251 g/mol. The van der Waals surface area contributed by atoms with Crippen molar-refractivity contribution < 1.29 is 9.90 Å². The zero-order valence-electron chi connectivity index (χ0n) is 10.9. The third-order valence-corrected chi connectivity index (χ3v) is 3.45. The minimum absolute atomic E-state index is 0.168. The van der Waals surface area contributed by atoms with Crippen LogP contribution in [0.1, 0.15) is 24.8 Å². The summed E-state index contributed by atoms with van der Waals surface area (Å²) < 4.78 is 1.81. The maximum atomic E-state index is 12.0. The highest BCUT2D eigenvalue weighted by Crippen LogP contribution is 2.16. The molecule has 18 heavy (non-hydrogen) atoms. The summed E-state index contributed by atoms with van der Waals surface area (Å²) in [7, 11) is 0. The largest absolute Gasteiger partial charge is 0.396 e. The lowest BCUT2D eigenvalue weighted by molar-refractivity contribution is -0.133. The van der Waals surface area contributed by atoms with Gasteiger partial charge in [-0.2, -0.15) is 5.10 Å². The second-order valence-electron chi connectivity index (χ2n) is 5.06. The van der Waals surface area contributed by atoms with E-state index in [4.69, 9.17) is 5.11 Å². The molecule has 1 aliphatic heterocycles. The van der Waals surface area contributed by atoms with E-state index in [0.717, 1.165) is 24.9 Å². The summed E-state index contributed by atoms with van der Waals surface area (Å²) in [4.78, 5) is 13.9. The lowest BCUT2D eigenvalue weighted by Crippen LogP contribution is -2.41. The number of aryl methyl sites for hydroxylation is 2. The first kappa shape index (κ1) is 13.1. The van der Waals surface area contributed by atoms with Crippen molar-refractivity contribution in [2.45, 2.75) is 32.7 Å². The van der Waals surface area contributed by atoms with Crippen molar-refractivity contribution in [1.82, 2.24) is 14.7 Å². The van der Waals surface area contributed by atoms with E-state index in [1.807, 2.05) is 18.0 Å². The van der Waals surface area contributed by atoms with E-state index in [-0.39, 0.29) is 18.4 Å². The number of carbonyl (C=O) groups excluding carboxylic acids is 1. The van der Waals surface area contributed by atoms with Crippen LogP contribution in [-0.4, -0.2) is 45.4 Å². The first-order valence-corrected chi connectivity index (χ1v) is 6.56. The summed E-state index contributed by atoms with van der Waals surface area (Å²) in [5, 5.41) is 13.3. The van der Waals surface area contributed by atoms with E-state index >= 15 is 0 Å². The molecular weight excluding hydrogens is 230 g/mol. The SMILES string of the molecule is Cc1cnn(CCC(=O)N2CCCC(CO)C2)c1. The van der Waals surface area contributed by atoms with Gasteiger partial charge in [-0.1, -0.05) is 0 Å². The second kappa shape index (κ2) is 6.00. The van der Waals surface area contributed by atoms with Crippen molar-refractivity contribution in [2.75, 3.05) is 19.7 Å². The fraction of sp³-hybridized carbons (Fsp3) is 0.692. The van der Waals surface area contributed by atoms with Crippen molar-refractivity contribution in [2.24, 2.45) is 5.92 Å². The Balaban J connectivity index is 1.80. The van der Waals surface area contributed by atoms with E-state index in [9.17, 15) is 4.79 Å². The van der Waals surface area contributed by atoms with Crippen LogP contribution in [0.5, 0.6) is 0 Å². The Bertz CT molecular complexity index is 403. The predicted octanol–water partition coefficient (Wildman–Crippen LogP) is 0.813. The number of piperidine rings is 1. The minimum Gasteiger partial charge on any atom is -0.396 e. The summed E-state index contributed by atoms with van der Waals surface area (Å²) in [5.74, 6) is 0.427. The Morgan fingerprint density at radius 2 is 2.44 bits per heavy atom. The number of aliphatic hydroxyl groups is 1. The van der Waals surface area contributed by atoms with Gasteiger partial charge in [-0.25, -0.2) is 0 Å². The highest BCUT2D eigenvalue weighted by molar-refractivity contribution is 5.76. The summed E-state index contributed by atoms with van der Waals surface area (Å²) in [6.07, 6.45) is 6.25. The van der Waals surface area contributed by atoms with Crippen LogP contribution < -0.4 is 0 Å². The van der Waals surface area contributed by atoms with Gasteiger partial charge >= 0.3 is 0 Å². The molecule has 0 saturated carbocycles. The molecule has 1 aromatic rings. The van der Waals surface area contributed by atoms with Crippen LogP contribution >= 0.6 is 0 Å². The van der Waals surface area contributed by atoms with Gasteiger partial charge in [0.15, 0.2) is 0 Å². The number of hydrogen-bond donors (Lipinski definition) is 1. The van der Waals surface area contributed by atoms with Gasteiger partial charge < -0.3 is 10.0 Å². The highest BCUT2D eigenvalue weighted by atomic mass is 16.3. The molecule has 1 amide bonds. The number of rotatable bonds is 4. The molecule has 2 heterocycles. The summed E-state index contributed by atoms with van der Waals surface area (Å²) in [6.45, 7) is 4.33. The average molecular weight is 251 g/mol. The Hall–Kier alpha value is -1.36. The van der Waals surface area contributed by atoms with Crippen LogP contribution in [0, 0.1) is 12.8 Å². The van der Waals surface area contributed by atoms with Crippen molar-refractivity contribution in [3.8, 4) is 0 Å². The third-order valence-electron chi connectivity index (χ3n) is 3.45. The van der Waals surface area contributed by atoms with Gasteiger partial charge in [0.1, 0.15) is 0 Å². The van der Waals surface area contributed by atoms with E-state index < -0.39 is 0 Å². The highest BCUT2D eigenvalue weighted by Gasteiger charge is 2.22. The molecule has 0 radical (unpaired) electrons. The predicted molar refractivity (Wildman–Crippen MR) is 68.0 cm³/mol. The fourth-order valence-electron chi connectivity index (χ4n) is 2.40. The Kier molecular flexibility index (Phi) is 4.36. The molecule has 0 aromatic carbocycles. The van der Waals surface area contributed by atoms with Gasteiger partial charge in [0, 0.05) is 38.9 Å². The van der Waals surface area contributed by atoms with Crippen LogP contribution in [0.3, 0.4) is 0 Å². The smallest absolute Gasteiger partial charge is 0.224 e. The van der Waals surface area contributed by atoms with Gasteiger partial charge in [-0.05, 0) is 31.2 Å². The third kappa shape index (κ3) is 3.32. The van der Waals surface area contributed by atoms with Crippen molar-refractivity contribution in [1.29, 1.82) is 0 Å². The number of likely N-dealkylation sites (tertiary alicyclic amines) is 1. The first-order chi connectivity index (χ1) is 8.69. The Labute approximate surface area is 107 Å². The minimum atomic E-state index is 0.168. The maximum Gasteiger partial charge on any atom is 0.224 e. The number of aromatic nitrogens is 2. The topological polar surface area (TPSA) is 58.4 Å². The van der Waals surface area contributed by atoms with Crippen LogP contribution in [0.4, 0.5) is 0 Å². The quantitative estimate of drug-likeness (QED) is 0.861. The van der Waals surface area contributed by atoms with Gasteiger partial charge in [-0.15, -0.1) is 0 Å². The molecule has 5 heteroatoms. The first-order valence-electron chi connectivity index (χ1n) is 6.56.